The number of guanidine groups is 1. The van der Waals surface area contributed by atoms with E-state index >= 15 is 0 Å². The molecule has 5 N–H and O–H groups in total. The number of thioether (sulfide) groups is 1. The van der Waals surface area contributed by atoms with Crippen molar-refractivity contribution in [3.63, 3.8) is 0 Å². The summed E-state index contributed by atoms with van der Waals surface area (Å²) in [6.45, 7) is 0. The second kappa shape index (κ2) is 7.34. The van der Waals surface area contributed by atoms with Gasteiger partial charge in [-0.1, -0.05) is 23.4 Å². The number of hydrogen-bond acceptors (Lipinski definition) is 5. The number of carbonyl (C=O) groups excluding carboxylic acids is 2. The molecule has 122 valence electrons. The Morgan fingerprint density at radius 3 is 2.91 bits per heavy atom. The van der Waals surface area contributed by atoms with Crippen molar-refractivity contribution < 1.29 is 14.3 Å². The molecule has 0 saturated carbocycles. The molecular weight excluding hydrogens is 342 g/mol. The highest BCUT2D eigenvalue weighted by Gasteiger charge is 2.30. The number of nitrogens with zero attached hydrogens (tertiary/aromatic N) is 2. The van der Waals surface area contributed by atoms with Crippen LogP contribution < -0.4 is 21.5 Å². The van der Waals surface area contributed by atoms with E-state index in [1.54, 1.807) is 18.2 Å². The second-order valence-corrected chi connectivity index (χ2v) is 6.08. The topological polar surface area (TPSA) is 132 Å². The lowest BCUT2D eigenvalue weighted by Gasteiger charge is -2.11. The lowest BCUT2D eigenvalue weighted by atomic mass is 10.2. The number of amides is 2. The number of amidine groups is 1. The van der Waals surface area contributed by atoms with Crippen molar-refractivity contribution in [1.29, 1.82) is 0 Å². The maximum Gasteiger partial charge on any atom is 0.262 e. The van der Waals surface area contributed by atoms with Crippen LogP contribution in [0.15, 0.2) is 28.2 Å². The van der Waals surface area contributed by atoms with Crippen molar-refractivity contribution in [1.82, 2.24) is 0 Å². The van der Waals surface area contributed by atoms with Gasteiger partial charge < -0.3 is 21.5 Å². The zero-order chi connectivity index (χ0) is 17.0. The number of aliphatic imine (C=N–C) groups is 2. The van der Waals surface area contributed by atoms with Gasteiger partial charge >= 0.3 is 0 Å². The number of hydrogen-bond donors (Lipinski definition) is 3. The lowest BCUT2D eigenvalue weighted by molar-refractivity contribution is -0.121. The predicted octanol–water partition coefficient (Wildman–Crippen LogP) is 0.949. The quantitative estimate of drug-likeness (QED) is 0.544. The SMILES string of the molecule is COc1ccc(Cl)cc1NC(=O)C[C@@H]1SC(N=C(N)N)=NC1=O. The highest BCUT2D eigenvalue weighted by molar-refractivity contribution is 8.15. The van der Waals surface area contributed by atoms with E-state index in [9.17, 15) is 9.59 Å². The van der Waals surface area contributed by atoms with Gasteiger partial charge in [-0.3, -0.25) is 9.59 Å². The first-order chi connectivity index (χ1) is 10.9. The van der Waals surface area contributed by atoms with Crippen LogP contribution in [0.3, 0.4) is 0 Å². The molecular formula is C13H14ClN5O3S. The van der Waals surface area contributed by atoms with Crippen molar-refractivity contribution in [2.75, 3.05) is 12.4 Å². The van der Waals surface area contributed by atoms with E-state index in [1.165, 1.54) is 7.11 Å². The molecule has 10 heteroatoms. The molecule has 1 heterocycles. The molecule has 0 aliphatic carbocycles. The fraction of sp³-hybridized carbons (Fsp3) is 0.231. The number of methoxy groups -OCH3 is 1. The van der Waals surface area contributed by atoms with Gasteiger partial charge in [0.1, 0.15) is 11.0 Å². The first kappa shape index (κ1) is 17.1. The van der Waals surface area contributed by atoms with Crippen LogP contribution in [0.4, 0.5) is 5.69 Å². The minimum atomic E-state index is -0.668. The molecule has 2 amide bonds. The molecule has 0 aromatic heterocycles. The molecule has 1 atom stereocenters. The Hall–Kier alpha value is -2.26. The van der Waals surface area contributed by atoms with E-state index in [0.29, 0.717) is 16.5 Å². The second-order valence-electron chi connectivity index (χ2n) is 4.47. The summed E-state index contributed by atoms with van der Waals surface area (Å²) in [5.41, 5.74) is 10.9. The van der Waals surface area contributed by atoms with E-state index in [0.717, 1.165) is 11.8 Å². The zero-order valence-electron chi connectivity index (χ0n) is 12.1. The summed E-state index contributed by atoms with van der Waals surface area (Å²) in [5.74, 6) is -0.566. The molecule has 0 bridgehead atoms. The molecule has 1 aromatic carbocycles. The number of nitrogens with two attached hydrogens (primary N) is 2. The molecule has 1 aromatic rings. The molecule has 8 nitrogen and oxygen atoms in total. The number of benzene rings is 1. The third kappa shape index (κ3) is 4.60. The number of halogens is 1. The molecule has 23 heavy (non-hydrogen) atoms. The van der Waals surface area contributed by atoms with Crippen LogP contribution in [0, 0.1) is 0 Å². The Balaban J connectivity index is 2.00. The van der Waals surface area contributed by atoms with Gasteiger partial charge in [0.25, 0.3) is 5.91 Å². The monoisotopic (exact) mass is 355 g/mol. The summed E-state index contributed by atoms with van der Waals surface area (Å²) in [6, 6.07) is 4.83. The highest BCUT2D eigenvalue weighted by Crippen LogP contribution is 2.29. The van der Waals surface area contributed by atoms with E-state index in [2.05, 4.69) is 15.3 Å². The first-order valence-corrected chi connectivity index (χ1v) is 7.67. The Morgan fingerprint density at radius 1 is 1.52 bits per heavy atom. The summed E-state index contributed by atoms with van der Waals surface area (Å²) < 4.78 is 5.14. The number of carbonyl (C=O) groups is 2. The fourth-order valence-corrected chi connectivity index (χ4v) is 2.92. The van der Waals surface area contributed by atoms with Gasteiger partial charge in [-0.2, -0.15) is 9.98 Å². The predicted molar refractivity (Wildman–Crippen MR) is 90.9 cm³/mol. The standard InChI is InChI=1S/C13H14ClN5O3S/c1-22-8-3-2-6(14)4-7(8)17-10(20)5-9-11(21)18-13(23-9)19-12(15)16/h2-4,9H,5H2,1H3,(H,17,20)(H4,15,16,18,19,21)/t9-/m0/s1. The smallest absolute Gasteiger partial charge is 0.262 e. The summed E-state index contributed by atoms with van der Waals surface area (Å²) in [6.07, 6.45) is -0.0772. The molecule has 0 unspecified atom stereocenters. The first-order valence-electron chi connectivity index (χ1n) is 6.41. The molecule has 0 fully saturated rings. The number of ether oxygens (including phenoxy) is 1. The number of nitrogens with one attached hydrogen (secondary N) is 1. The van der Waals surface area contributed by atoms with Crippen molar-refractivity contribution in [2.24, 2.45) is 21.5 Å². The van der Waals surface area contributed by atoms with Crippen LogP contribution in [0.2, 0.25) is 5.02 Å². The van der Waals surface area contributed by atoms with Gasteiger partial charge in [0, 0.05) is 11.4 Å². The van der Waals surface area contributed by atoms with Crippen molar-refractivity contribution >= 4 is 52.0 Å². The molecule has 0 spiro atoms. The Bertz CT molecular complexity index is 703. The average Bonchev–Trinajstić information content (AvgIpc) is 2.77. The Labute approximate surface area is 141 Å². The van der Waals surface area contributed by atoms with E-state index in [1.807, 2.05) is 0 Å². The van der Waals surface area contributed by atoms with E-state index in [4.69, 9.17) is 27.8 Å². The maximum absolute atomic E-state index is 12.1. The summed E-state index contributed by atoms with van der Waals surface area (Å²) in [5, 5.41) is 2.58. The third-order valence-electron chi connectivity index (χ3n) is 2.76. The number of anilines is 1. The van der Waals surface area contributed by atoms with Crippen molar-refractivity contribution in [2.45, 2.75) is 11.7 Å². The van der Waals surface area contributed by atoms with Crippen LogP contribution in [-0.4, -0.2) is 35.3 Å². The largest absolute Gasteiger partial charge is 0.495 e. The normalized spacial score (nSPS) is 16.7. The molecule has 0 radical (unpaired) electrons. The van der Waals surface area contributed by atoms with Crippen molar-refractivity contribution in [3.8, 4) is 5.75 Å². The summed E-state index contributed by atoms with van der Waals surface area (Å²) in [4.78, 5) is 31.2. The van der Waals surface area contributed by atoms with Crippen LogP contribution in [-0.2, 0) is 9.59 Å². The summed E-state index contributed by atoms with van der Waals surface area (Å²) in [7, 11) is 1.48. The van der Waals surface area contributed by atoms with Gasteiger partial charge in [-0.05, 0) is 18.2 Å². The van der Waals surface area contributed by atoms with Crippen LogP contribution in [0.25, 0.3) is 0 Å². The number of rotatable bonds is 4. The van der Waals surface area contributed by atoms with Crippen LogP contribution in [0.5, 0.6) is 5.75 Å². The molecule has 1 aliphatic heterocycles. The van der Waals surface area contributed by atoms with E-state index in [-0.39, 0.29) is 23.5 Å². The van der Waals surface area contributed by atoms with Gasteiger partial charge in [0.2, 0.25) is 5.91 Å². The molecule has 1 aliphatic rings. The van der Waals surface area contributed by atoms with Gasteiger partial charge in [-0.25, -0.2) is 0 Å². The highest BCUT2D eigenvalue weighted by atomic mass is 35.5. The summed E-state index contributed by atoms with van der Waals surface area (Å²) >= 11 is 6.93. The maximum atomic E-state index is 12.1. The third-order valence-corrected chi connectivity index (χ3v) is 4.04. The average molecular weight is 356 g/mol. The Kier molecular flexibility index (Phi) is 5.45. The van der Waals surface area contributed by atoms with Gasteiger partial charge in [0.05, 0.1) is 12.8 Å². The zero-order valence-corrected chi connectivity index (χ0v) is 13.6. The molecule has 0 saturated heterocycles. The van der Waals surface area contributed by atoms with Gasteiger partial charge in [0.15, 0.2) is 11.1 Å². The van der Waals surface area contributed by atoms with Gasteiger partial charge in [-0.15, -0.1) is 0 Å². The minimum absolute atomic E-state index is 0.0772. The fourth-order valence-electron chi connectivity index (χ4n) is 1.81. The minimum Gasteiger partial charge on any atom is -0.495 e. The van der Waals surface area contributed by atoms with Crippen LogP contribution in [0.1, 0.15) is 6.42 Å². The molecule has 2 rings (SSSR count). The van der Waals surface area contributed by atoms with Crippen molar-refractivity contribution in [3.05, 3.63) is 23.2 Å². The van der Waals surface area contributed by atoms with E-state index < -0.39 is 11.2 Å². The lowest BCUT2D eigenvalue weighted by Crippen LogP contribution is -2.23. The Morgan fingerprint density at radius 2 is 2.26 bits per heavy atom. The van der Waals surface area contributed by atoms with Crippen LogP contribution >= 0.6 is 23.4 Å².